The number of rotatable bonds is 7. The number of nitrogens with zero attached hydrogens (tertiary/aromatic N) is 3. The van der Waals surface area contributed by atoms with Crippen LogP contribution in [-0.4, -0.2) is 73.5 Å². The van der Waals surface area contributed by atoms with Gasteiger partial charge in [0.1, 0.15) is 11.4 Å². The van der Waals surface area contributed by atoms with Gasteiger partial charge >= 0.3 is 12.5 Å². The van der Waals surface area contributed by atoms with E-state index in [1.807, 2.05) is 0 Å². The lowest BCUT2D eigenvalue weighted by Crippen LogP contribution is -2.50. The van der Waals surface area contributed by atoms with Gasteiger partial charge in [-0.1, -0.05) is 23.7 Å². The lowest BCUT2D eigenvalue weighted by atomic mass is 10.1. The second-order valence-electron chi connectivity index (χ2n) is 10.1. The van der Waals surface area contributed by atoms with Gasteiger partial charge in [-0.3, -0.25) is 4.79 Å². The molecule has 14 heteroatoms. The van der Waals surface area contributed by atoms with Gasteiger partial charge < -0.3 is 19.3 Å². The maximum atomic E-state index is 13.6. The number of piperazine rings is 1. The van der Waals surface area contributed by atoms with E-state index < -0.39 is 45.5 Å². The quantitative estimate of drug-likeness (QED) is 0.423. The van der Waals surface area contributed by atoms with E-state index in [0.717, 1.165) is 12.1 Å². The predicted molar refractivity (Wildman–Crippen MR) is 144 cm³/mol. The third-order valence-electron chi connectivity index (χ3n) is 5.81. The van der Waals surface area contributed by atoms with Crippen LogP contribution < -0.4 is 9.64 Å². The van der Waals surface area contributed by atoms with Crippen molar-refractivity contribution in [3.63, 3.8) is 0 Å². The largest absolute Gasteiger partial charge is 0.573 e. The maximum absolute atomic E-state index is 13.6. The highest BCUT2D eigenvalue weighted by molar-refractivity contribution is 7.89. The summed E-state index contributed by atoms with van der Waals surface area (Å²) in [6.07, 6.45) is -5.57. The molecule has 0 bridgehead atoms. The second kappa shape index (κ2) is 12.1. The van der Waals surface area contributed by atoms with Crippen molar-refractivity contribution in [2.45, 2.75) is 46.2 Å². The molecule has 1 aliphatic heterocycles. The van der Waals surface area contributed by atoms with Crippen molar-refractivity contribution in [3.8, 4) is 5.75 Å². The van der Waals surface area contributed by atoms with Gasteiger partial charge in [-0.25, -0.2) is 17.5 Å². The molecule has 3 rings (SSSR count). The first-order chi connectivity index (χ1) is 18.5. The summed E-state index contributed by atoms with van der Waals surface area (Å²) in [6, 6.07) is 9.52. The molecular weight excluding hydrogens is 575 g/mol. The SMILES string of the molecule is CCS(=O)(=O)N(Cc1cccc(Cl)c1)C(=O)c1cc(OC(F)(F)F)cc(N2CCN(C(=O)OC(C)(C)C)CC2)c1. The molecule has 0 N–H and O–H groups in total. The molecule has 0 unspecified atom stereocenters. The van der Waals surface area contributed by atoms with Crippen LogP contribution in [0.3, 0.4) is 0 Å². The number of alkyl halides is 3. The van der Waals surface area contributed by atoms with E-state index >= 15 is 0 Å². The van der Waals surface area contributed by atoms with Gasteiger partial charge in [-0.05, 0) is 57.5 Å². The average Bonchev–Trinajstić information content (AvgIpc) is 2.84. The Labute approximate surface area is 236 Å². The van der Waals surface area contributed by atoms with Gasteiger partial charge in [0.25, 0.3) is 5.91 Å². The van der Waals surface area contributed by atoms with Gasteiger partial charge in [0.2, 0.25) is 10.0 Å². The molecule has 1 saturated heterocycles. The van der Waals surface area contributed by atoms with Crippen LogP contribution in [0.4, 0.5) is 23.7 Å². The van der Waals surface area contributed by atoms with E-state index in [0.29, 0.717) is 14.9 Å². The maximum Gasteiger partial charge on any atom is 0.573 e. The lowest BCUT2D eigenvalue weighted by molar-refractivity contribution is -0.274. The molecule has 0 aliphatic carbocycles. The Balaban J connectivity index is 1.94. The van der Waals surface area contributed by atoms with Crippen molar-refractivity contribution in [2.24, 2.45) is 0 Å². The van der Waals surface area contributed by atoms with Gasteiger partial charge in [-0.15, -0.1) is 13.2 Å². The van der Waals surface area contributed by atoms with E-state index in [1.54, 1.807) is 43.9 Å². The molecule has 9 nitrogen and oxygen atoms in total. The Morgan fingerprint density at radius 2 is 1.68 bits per heavy atom. The summed E-state index contributed by atoms with van der Waals surface area (Å²) in [4.78, 5) is 29.1. The highest BCUT2D eigenvalue weighted by Gasteiger charge is 2.34. The zero-order valence-electron chi connectivity index (χ0n) is 22.5. The number of hydrogen-bond donors (Lipinski definition) is 0. The molecule has 0 spiro atoms. The number of carbonyl (C=O) groups is 2. The Morgan fingerprint density at radius 3 is 2.23 bits per heavy atom. The molecule has 2 aromatic rings. The molecule has 1 heterocycles. The highest BCUT2D eigenvalue weighted by Crippen LogP contribution is 2.31. The summed E-state index contributed by atoms with van der Waals surface area (Å²) in [5.41, 5.74) is -0.391. The van der Waals surface area contributed by atoms with Gasteiger partial charge in [0.15, 0.2) is 0 Å². The van der Waals surface area contributed by atoms with Crippen LogP contribution in [0.25, 0.3) is 0 Å². The number of hydrogen-bond acceptors (Lipinski definition) is 7. The standard InChI is InChI=1S/C26H31ClF3N3O6S/c1-5-40(36,37)33(17-18-7-6-8-20(27)13-18)23(34)19-14-21(16-22(15-19)38-26(28,29)30)31-9-11-32(12-10-31)24(35)39-25(2,3)4/h6-8,13-16H,5,9-12,17H2,1-4H3. The van der Waals surface area contributed by atoms with Crippen molar-refractivity contribution < 1.29 is 40.7 Å². The Hall–Kier alpha value is -3.19. The normalized spacial score (nSPS) is 14.6. The summed E-state index contributed by atoms with van der Waals surface area (Å²) in [7, 11) is -4.13. The number of ether oxygens (including phenoxy) is 2. The molecule has 2 aromatic carbocycles. The summed E-state index contributed by atoms with van der Waals surface area (Å²) < 4.78 is 75.4. The van der Waals surface area contributed by atoms with Gasteiger partial charge in [-0.2, -0.15) is 0 Å². The first-order valence-electron chi connectivity index (χ1n) is 12.4. The minimum absolute atomic E-state index is 0.200. The van der Waals surface area contributed by atoms with Gasteiger partial charge in [0, 0.05) is 48.5 Å². The first kappa shape index (κ1) is 31.3. The molecule has 0 atom stereocenters. The number of amides is 2. The number of carbonyl (C=O) groups excluding carboxylic acids is 2. The summed E-state index contributed by atoms with van der Waals surface area (Å²) >= 11 is 6.01. The number of halogens is 4. The minimum atomic E-state index is -5.05. The average molecular weight is 606 g/mol. The van der Waals surface area contributed by atoms with E-state index in [4.69, 9.17) is 16.3 Å². The van der Waals surface area contributed by atoms with Crippen molar-refractivity contribution >= 4 is 39.3 Å². The molecule has 1 fully saturated rings. The van der Waals surface area contributed by atoms with E-state index in [9.17, 15) is 31.2 Å². The fourth-order valence-corrected chi connectivity index (χ4v) is 5.18. The minimum Gasteiger partial charge on any atom is -0.444 e. The van der Waals surface area contributed by atoms with Crippen LogP contribution in [0.1, 0.15) is 43.6 Å². The van der Waals surface area contributed by atoms with Gasteiger partial charge in [0.05, 0.1) is 12.3 Å². The number of benzene rings is 2. The molecule has 40 heavy (non-hydrogen) atoms. The topological polar surface area (TPSA) is 96.5 Å². The predicted octanol–water partition coefficient (Wildman–Crippen LogP) is 5.29. The van der Waals surface area contributed by atoms with E-state index in [2.05, 4.69) is 4.74 Å². The van der Waals surface area contributed by atoms with Crippen molar-refractivity contribution in [1.29, 1.82) is 0 Å². The van der Waals surface area contributed by atoms with Crippen LogP contribution in [-0.2, 0) is 21.3 Å². The first-order valence-corrected chi connectivity index (χ1v) is 14.4. The van der Waals surface area contributed by atoms with Crippen LogP contribution in [0.2, 0.25) is 5.02 Å². The van der Waals surface area contributed by atoms with Crippen molar-refractivity contribution in [3.05, 3.63) is 58.6 Å². The molecule has 220 valence electrons. The smallest absolute Gasteiger partial charge is 0.444 e. The van der Waals surface area contributed by atoms with Crippen molar-refractivity contribution in [2.75, 3.05) is 36.8 Å². The van der Waals surface area contributed by atoms with Crippen molar-refractivity contribution in [1.82, 2.24) is 9.21 Å². The zero-order valence-corrected chi connectivity index (χ0v) is 24.1. The van der Waals surface area contributed by atoms with E-state index in [-0.39, 0.29) is 44.0 Å². The zero-order chi connectivity index (χ0) is 29.9. The Bertz CT molecular complexity index is 1340. The highest BCUT2D eigenvalue weighted by atomic mass is 35.5. The molecule has 0 radical (unpaired) electrons. The molecule has 0 saturated carbocycles. The van der Waals surface area contributed by atoms with Crippen LogP contribution in [0, 0.1) is 0 Å². The third-order valence-corrected chi connectivity index (χ3v) is 7.74. The number of anilines is 1. The molecule has 2 amide bonds. The molecule has 0 aromatic heterocycles. The second-order valence-corrected chi connectivity index (χ2v) is 12.7. The van der Waals surface area contributed by atoms with Crippen LogP contribution >= 0.6 is 11.6 Å². The fourth-order valence-electron chi connectivity index (χ4n) is 3.95. The molecular formula is C26H31ClF3N3O6S. The summed E-state index contributed by atoms with van der Waals surface area (Å²) in [6.45, 7) is 7.07. The van der Waals surface area contributed by atoms with Crippen LogP contribution in [0.5, 0.6) is 5.75 Å². The monoisotopic (exact) mass is 605 g/mol. The van der Waals surface area contributed by atoms with Crippen LogP contribution in [0.15, 0.2) is 42.5 Å². The number of sulfonamides is 1. The molecule has 1 aliphatic rings. The fraction of sp³-hybridized carbons (Fsp3) is 0.462. The summed E-state index contributed by atoms with van der Waals surface area (Å²) in [5, 5.41) is 0.326. The Morgan fingerprint density at radius 1 is 1.02 bits per heavy atom. The lowest BCUT2D eigenvalue weighted by Gasteiger charge is -2.37. The van der Waals surface area contributed by atoms with E-state index in [1.165, 1.54) is 24.0 Å². The third kappa shape index (κ3) is 8.65. The summed E-state index contributed by atoms with van der Waals surface area (Å²) in [5.74, 6) is -2.13. The Kier molecular flexibility index (Phi) is 9.50.